The second-order valence-electron chi connectivity index (χ2n) is 5.52. The van der Waals surface area contributed by atoms with Gasteiger partial charge in [-0.05, 0) is 20.3 Å². The molecule has 0 aliphatic carbocycles. The number of carbonyl (C=O) groups is 2. The Labute approximate surface area is 122 Å². The fourth-order valence-corrected chi connectivity index (χ4v) is 2.71. The first kappa shape index (κ1) is 15.5. The number of alkyl halides is 1. The van der Waals surface area contributed by atoms with E-state index in [1.807, 2.05) is 6.92 Å². The van der Waals surface area contributed by atoms with Crippen LogP contribution in [-0.4, -0.2) is 50.4 Å². The maximum absolute atomic E-state index is 14.1. The molecule has 2 rings (SSSR count). The second kappa shape index (κ2) is 5.46. The third kappa shape index (κ3) is 2.64. The highest BCUT2D eigenvalue weighted by atomic mass is 19.1. The van der Waals surface area contributed by atoms with Gasteiger partial charge in [0.25, 0.3) is 5.91 Å². The topological polar surface area (TPSA) is 75.4 Å². The zero-order valence-electron chi connectivity index (χ0n) is 12.5. The Morgan fingerprint density at radius 1 is 1.43 bits per heavy atom. The fraction of sp³-hybridized carbons (Fsp3) is 0.643. The molecule has 116 valence electrons. The predicted molar refractivity (Wildman–Crippen MR) is 74.0 cm³/mol. The molecule has 21 heavy (non-hydrogen) atoms. The van der Waals surface area contributed by atoms with Crippen LogP contribution in [0.1, 0.15) is 41.5 Å². The van der Waals surface area contributed by atoms with Crippen LogP contribution < -0.4 is 0 Å². The average molecular weight is 297 g/mol. The standard InChI is InChI=1S/C14H20FN3O3/c1-4-6-18-10(3)11(9(2)16-18)12(19)17-7-5-14(15,8-17)13(20)21/h4-8H2,1-3H3,(H,20,21). The van der Waals surface area contributed by atoms with Crippen LogP contribution in [0.3, 0.4) is 0 Å². The van der Waals surface area contributed by atoms with Crippen molar-refractivity contribution in [1.82, 2.24) is 14.7 Å². The molecule has 1 amide bonds. The van der Waals surface area contributed by atoms with Crippen molar-refractivity contribution in [2.75, 3.05) is 13.1 Å². The maximum Gasteiger partial charge on any atom is 0.343 e. The lowest BCUT2D eigenvalue weighted by Gasteiger charge is -2.18. The van der Waals surface area contributed by atoms with Gasteiger partial charge in [-0.25, -0.2) is 9.18 Å². The number of hydrogen-bond acceptors (Lipinski definition) is 3. The number of aliphatic carboxylic acids is 1. The molecular weight excluding hydrogens is 277 g/mol. The Morgan fingerprint density at radius 2 is 2.10 bits per heavy atom. The number of halogens is 1. The van der Waals surface area contributed by atoms with Crippen LogP contribution in [0.2, 0.25) is 0 Å². The quantitative estimate of drug-likeness (QED) is 0.915. The van der Waals surface area contributed by atoms with Crippen molar-refractivity contribution in [1.29, 1.82) is 0 Å². The van der Waals surface area contributed by atoms with E-state index in [2.05, 4.69) is 5.10 Å². The van der Waals surface area contributed by atoms with Gasteiger partial charge < -0.3 is 10.0 Å². The number of carbonyl (C=O) groups excluding carboxylic acids is 1. The maximum atomic E-state index is 14.1. The Kier molecular flexibility index (Phi) is 4.02. The molecule has 1 saturated heterocycles. The number of hydrogen-bond donors (Lipinski definition) is 1. The second-order valence-corrected chi connectivity index (χ2v) is 5.52. The predicted octanol–water partition coefficient (Wildman–Crippen LogP) is 1.55. The lowest BCUT2D eigenvalue weighted by atomic mass is 10.1. The zero-order chi connectivity index (χ0) is 15.8. The SMILES string of the molecule is CCCn1nc(C)c(C(=O)N2CCC(F)(C(=O)O)C2)c1C. The van der Waals surface area contributed by atoms with Crippen LogP contribution in [0.5, 0.6) is 0 Å². The van der Waals surface area contributed by atoms with Gasteiger partial charge in [-0.3, -0.25) is 9.48 Å². The molecule has 1 fully saturated rings. The van der Waals surface area contributed by atoms with Crippen LogP contribution >= 0.6 is 0 Å². The van der Waals surface area contributed by atoms with E-state index in [9.17, 15) is 14.0 Å². The van der Waals surface area contributed by atoms with Crippen LogP contribution in [0.15, 0.2) is 0 Å². The van der Waals surface area contributed by atoms with E-state index in [1.165, 1.54) is 4.90 Å². The van der Waals surface area contributed by atoms with E-state index < -0.39 is 18.2 Å². The van der Waals surface area contributed by atoms with Crippen LogP contribution in [0.25, 0.3) is 0 Å². The summed E-state index contributed by atoms with van der Waals surface area (Å²) in [6, 6.07) is 0. The summed E-state index contributed by atoms with van der Waals surface area (Å²) in [6.07, 6.45) is 0.723. The first-order chi connectivity index (χ1) is 9.80. The summed E-state index contributed by atoms with van der Waals surface area (Å²) in [5.41, 5.74) is -0.543. The molecule has 1 aliphatic rings. The monoisotopic (exact) mass is 297 g/mol. The number of aromatic nitrogens is 2. The van der Waals surface area contributed by atoms with Crippen LogP contribution in [-0.2, 0) is 11.3 Å². The minimum absolute atomic E-state index is 0.111. The summed E-state index contributed by atoms with van der Waals surface area (Å²) < 4.78 is 15.8. The van der Waals surface area contributed by atoms with Gasteiger partial charge in [0, 0.05) is 25.2 Å². The van der Waals surface area contributed by atoms with Gasteiger partial charge in [-0.15, -0.1) is 0 Å². The van der Waals surface area contributed by atoms with Gasteiger partial charge >= 0.3 is 5.97 Å². The molecule has 0 spiro atoms. The summed E-state index contributed by atoms with van der Waals surface area (Å²) >= 11 is 0. The van der Waals surface area contributed by atoms with Gasteiger partial charge in [0.05, 0.1) is 17.8 Å². The smallest absolute Gasteiger partial charge is 0.343 e. The van der Waals surface area contributed by atoms with Crippen molar-refractivity contribution in [3.05, 3.63) is 17.0 Å². The Morgan fingerprint density at radius 3 is 2.62 bits per heavy atom. The number of carboxylic acid groups (broad SMARTS) is 1. The summed E-state index contributed by atoms with van der Waals surface area (Å²) in [5.74, 6) is -1.85. The molecule has 1 aromatic rings. The van der Waals surface area contributed by atoms with Gasteiger partial charge in [0.2, 0.25) is 5.67 Å². The summed E-state index contributed by atoms with van der Waals surface area (Å²) in [5, 5.41) is 13.2. The molecule has 0 bridgehead atoms. The third-order valence-electron chi connectivity index (χ3n) is 3.92. The molecule has 1 N–H and O–H groups in total. The molecule has 0 radical (unpaired) electrons. The zero-order valence-corrected chi connectivity index (χ0v) is 12.5. The molecule has 6 nitrogen and oxygen atoms in total. The lowest BCUT2D eigenvalue weighted by molar-refractivity contribution is -0.149. The molecule has 1 atom stereocenters. The molecule has 2 heterocycles. The molecule has 1 aliphatic heterocycles. The normalized spacial score (nSPS) is 21.8. The number of rotatable bonds is 4. The number of carboxylic acids is 1. The van der Waals surface area contributed by atoms with E-state index in [-0.39, 0.29) is 18.9 Å². The largest absolute Gasteiger partial charge is 0.479 e. The van der Waals surface area contributed by atoms with Crippen LogP contribution in [0, 0.1) is 13.8 Å². The third-order valence-corrected chi connectivity index (χ3v) is 3.92. The van der Waals surface area contributed by atoms with E-state index in [1.54, 1.807) is 18.5 Å². The van der Waals surface area contributed by atoms with Crippen molar-refractivity contribution < 1.29 is 19.1 Å². The van der Waals surface area contributed by atoms with Gasteiger partial charge in [0.1, 0.15) is 0 Å². The van der Waals surface area contributed by atoms with E-state index in [0.29, 0.717) is 17.8 Å². The van der Waals surface area contributed by atoms with Gasteiger partial charge in [0.15, 0.2) is 0 Å². The highest BCUT2D eigenvalue weighted by Crippen LogP contribution is 2.28. The summed E-state index contributed by atoms with van der Waals surface area (Å²) in [6.45, 7) is 5.98. The van der Waals surface area contributed by atoms with Crippen molar-refractivity contribution in [3.63, 3.8) is 0 Å². The molecule has 1 unspecified atom stereocenters. The van der Waals surface area contributed by atoms with E-state index in [4.69, 9.17) is 5.11 Å². The minimum Gasteiger partial charge on any atom is -0.479 e. The number of likely N-dealkylation sites (tertiary alicyclic amines) is 1. The van der Waals surface area contributed by atoms with Crippen LogP contribution in [0.4, 0.5) is 4.39 Å². The average Bonchev–Trinajstić information content (AvgIpc) is 2.93. The number of nitrogens with zero attached hydrogens (tertiary/aromatic N) is 3. The minimum atomic E-state index is -2.34. The molecular formula is C14H20FN3O3. The van der Waals surface area contributed by atoms with Crippen molar-refractivity contribution in [2.24, 2.45) is 0 Å². The highest BCUT2D eigenvalue weighted by Gasteiger charge is 2.47. The highest BCUT2D eigenvalue weighted by molar-refractivity contribution is 5.97. The van der Waals surface area contributed by atoms with E-state index in [0.717, 1.165) is 12.1 Å². The Bertz CT molecular complexity index is 584. The molecule has 0 aromatic carbocycles. The first-order valence-corrected chi connectivity index (χ1v) is 7.05. The summed E-state index contributed by atoms with van der Waals surface area (Å²) in [4.78, 5) is 24.7. The van der Waals surface area contributed by atoms with Crippen molar-refractivity contribution >= 4 is 11.9 Å². The van der Waals surface area contributed by atoms with Crippen molar-refractivity contribution in [2.45, 2.75) is 45.8 Å². The fourth-order valence-electron chi connectivity index (χ4n) is 2.71. The van der Waals surface area contributed by atoms with Gasteiger partial charge in [-0.2, -0.15) is 5.10 Å². The molecule has 1 aromatic heterocycles. The summed E-state index contributed by atoms with van der Waals surface area (Å²) in [7, 11) is 0. The Balaban J connectivity index is 2.24. The first-order valence-electron chi connectivity index (χ1n) is 7.05. The number of aryl methyl sites for hydroxylation is 2. The molecule has 7 heteroatoms. The van der Waals surface area contributed by atoms with Gasteiger partial charge in [-0.1, -0.05) is 6.92 Å². The lowest BCUT2D eigenvalue weighted by Crippen LogP contribution is -2.39. The van der Waals surface area contributed by atoms with Crippen molar-refractivity contribution in [3.8, 4) is 0 Å². The Hall–Kier alpha value is -1.92. The number of amides is 1. The van der Waals surface area contributed by atoms with E-state index >= 15 is 0 Å². The molecule has 0 saturated carbocycles.